The van der Waals surface area contributed by atoms with Gasteiger partial charge in [0.1, 0.15) is 0 Å². The quantitative estimate of drug-likeness (QED) is 0.168. The lowest BCUT2D eigenvalue weighted by Crippen LogP contribution is -2.15. The van der Waals surface area contributed by atoms with Crippen LogP contribution in [0.25, 0.3) is 83.9 Å². The number of nitrogens with zero attached hydrogens (tertiary/aromatic N) is 4. The summed E-state index contributed by atoms with van der Waals surface area (Å²) in [6.07, 6.45) is 11.9. The van der Waals surface area contributed by atoms with Crippen molar-refractivity contribution < 1.29 is 0 Å². The molecule has 7 aromatic carbocycles. The molecule has 0 aliphatic heterocycles. The van der Waals surface area contributed by atoms with E-state index in [1.807, 2.05) is 60.7 Å². The summed E-state index contributed by atoms with van der Waals surface area (Å²) in [5.74, 6) is 2.46. The number of hydrogen-bond donors (Lipinski definition) is 0. The molecule has 0 saturated heterocycles. The first-order valence-electron chi connectivity index (χ1n) is 18.9. The second kappa shape index (κ2) is 12.8. The predicted octanol–water partition coefficient (Wildman–Crippen LogP) is 12.5. The number of allylic oxidation sites excluding steroid dienone is 5. The minimum absolute atomic E-state index is 0.197. The summed E-state index contributed by atoms with van der Waals surface area (Å²) in [6, 6.07) is 57.7. The second-order valence-corrected chi connectivity index (χ2v) is 14.4. The van der Waals surface area contributed by atoms with Crippen LogP contribution in [0, 0.1) is 5.92 Å². The molecule has 11 rings (SSSR count). The molecule has 0 amide bonds. The van der Waals surface area contributed by atoms with Gasteiger partial charge < -0.3 is 4.57 Å². The van der Waals surface area contributed by atoms with Gasteiger partial charge in [-0.25, -0.2) is 15.0 Å². The molecule has 2 atom stereocenters. The zero-order valence-electron chi connectivity index (χ0n) is 29.9. The van der Waals surface area contributed by atoms with Crippen molar-refractivity contribution in [2.75, 3.05) is 0 Å². The van der Waals surface area contributed by atoms with E-state index in [1.54, 1.807) is 0 Å². The summed E-state index contributed by atoms with van der Waals surface area (Å²) in [6.45, 7) is 0. The van der Waals surface area contributed by atoms with Crippen molar-refractivity contribution in [3.8, 4) is 39.9 Å². The first-order chi connectivity index (χ1) is 27.3. The Labute approximate surface area is 319 Å². The maximum atomic E-state index is 4.95. The molecule has 258 valence electrons. The van der Waals surface area contributed by atoms with Gasteiger partial charge in [-0.2, -0.15) is 0 Å². The summed E-state index contributed by atoms with van der Waals surface area (Å²) >= 11 is 0. The highest BCUT2D eigenvalue weighted by molar-refractivity contribution is 6.12. The van der Waals surface area contributed by atoms with Gasteiger partial charge in [-0.05, 0) is 51.1 Å². The summed E-state index contributed by atoms with van der Waals surface area (Å²) in [4.78, 5) is 14.8. The standard InChI is InChI=1S/C51H34N4/c1-3-13-35(14-4-1)49-52-50(36-15-5-2-6-16-36)54-51(53-49)37-26-23-33(24-27-37)38-28-25-34-29-30-46-48(44(34)31-38)43-21-11-12-22-45(43)55(46)47-32-39-17-7-8-18-40(39)41-19-9-10-20-42(41)47/h1-32,34,44H. The zero-order valence-corrected chi connectivity index (χ0v) is 29.9. The van der Waals surface area contributed by atoms with Gasteiger partial charge in [0, 0.05) is 39.3 Å². The van der Waals surface area contributed by atoms with E-state index in [9.17, 15) is 0 Å². The van der Waals surface area contributed by atoms with E-state index in [0.29, 0.717) is 17.5 Å². The molecular weight excluding hydrogens is 669 g/mol. The third-order valence-electron chi connectivity index (χ3n) is 11.2. The molecule has 2 aromatic heterocycles. The van der Waals surface area contributed by atoms with Crippen LogP contribution in [0.3, 0.4) is 0 Å². The van der Waals surface area contributed by atoms with Crippen molar-refractivity contribution in [1.82, 2.24) is 19.5 Å². The molecule has 0 spiro atoms. The predicted molar refractivity (Wildman–Crippen MR) is 227 cm³/mol. The maximum absolute atomic E-state index is 4.95. The summed E-state index contributed by atoms with van der Waals surface area (Å²) in [5, 5.41) is 6.36. The molecule has 0 bridgehead atoms. The number of aromatic nitrogens is 4. The lowest BCUT2D eigenvalue weighted by Gasteiger charge is -2.28. The van der Waals surface area contributed by atoms with Crippen LogP contribution in [0.4, 0.5) is 0 Å². The fraction of sp³-hybridized carbons (Fsp3) is 0.0392. The summed E-state index contributed by atoms with van der Waals surface area (Å²) in [5.41, 5.74) is 10.3. The van der Waals surface area contributed by atoms with Gasteiger partial charge in [0.25, 0.3) is 0 Å². The molecule has 9 aromatic rings. The van der Waals surface area contributed by atoms with Crippen LogP contribution in [0.5, 0.6) is 0 Å². The van der Waals surface area contributed by atoms with Gasteiger partial charge >= 0.3 is 0 Å². The molecule has 55 heavy (non-hydrogen) atoms. The van der Waals surface area contributed by atoms with Crippen LogP contribution >= 0.6 is 0 Å². The lowest BCUT2D eigenvalue weighted by atomic mass is 9.76. The van der Waals surface area contributed by atoms with Crippen LogP contribution in [-0.4, -0.2) is 19.5 Å². The van der Waals surface area contributed by atoms with Crippen LogP contribution in [-0.2, 0) is 0 Å². The Balaban J connectivity index is 1.00. The molecular formula is C51H34N4. The Morgan fingerprint density at radius 1 is 0.436 bits per heavy atom. The fourth-order valence-corrected chi connectivity index (χ4v) is 8.58. The minimum atomic E-state index is 0.197. The van der Waals surface area contributed by atoms with Gasteiger partial charge in [-0.15, -0.1) is 0 Å². The van der Waals surface area contributed by atoms with Crippen molar-refractivity contribution in [3.63, 3.8) is 0 Å². The third kappa shape index (κ3) is 5.25. The van der Waals surface area contributed by atoms with Crippen molar-refractivity contribution in [2.24, 2.45) is 5.92 Å². The third-order valence-corrected chi connectivity index (χ3v) is 11.2. The van der Waals surface area contributed by atoms with E-state index in [4.69, 9.17) is 15.0 Å². The Kier molecular flexibility index (Phi) is 7.27. The van der Waals surface area contributed by atoms with Crippen LogP contribution in [0.1, 0.15) is 22.7 Å². The van der Waals surface area contributed by atoms with E-state index >= 15 is 0 Å². The van der Waals surface area contributed by atoms with Crippen LogP contribution in [0.15, 0.2) is 188 Å². The number of rotatable bonds is 5. The lowest BCUT2D eigenvalue weighted by molar-refractivity contribution is 0.696. The Morgan fingerprint density at radius 3 is 1.65 bits per heavy atom. The summed E-state index contributed by atoms with van der Waals surface area (Å²) in [7, 11) is 0. The minimum Gasteiger partial charge on any atom is -0.309 e. The molecule has 2 aliphatic rings. The molecule has 0 fully saturated rings. The monoisotopic (exact) mass is 702 g/mol. The van der Waals surface area contributed by atoms with E-state index in [1.165, 1.54) is 60.5 Å². The van der Waals surface area contributed by atoms with E-state index in [-0.39, 0.29) is 11.8 Å². The Bertz CT molecular complexity index is 2970. The normalized spacial score (nSPS) is 16.0. The molecule has 0 saturated carbocycles. The van der Waals surface area contributed by atoms with Crippen molar-refractivity contribution >= 4 is 44.1 Å². The largest absolute Gasteiger partial charge is 0.309 e. The molecule has 0 radical (unpaired) electrons. The Morgan fingerprint density at radius 2 is 0.964 bits per heavy atom. The van der Waals surface area contributed by atoms with Crippen molar-refractivity contribution in [2.45, 2.75) is 5.92 Å². The average Bonchev–Trinajstić information content (AvgIpc) is 3.61. The zero-order chi connectivity index (χ0) is 36.3. The number of para-hydroxylation sites is 1. The number of hydrogen-bond acceptors (Lipinski definition) is 3. The van der Waals surface area contributed by atoms with Gasteiger partial charge in [0.05, 0.1) is 16.9 Å². The molecule has 4 heteroatoms. The first-order valence-corrected chi connectivity index (χ1v) is 18.9. The van der Waals surface area contributed by atoms with Gasteiger partial charge in [0.2, 0.25) is 0 Å². The molecule has 2 aliphatic carbocycles. The highest BCUT2D eigenvalue weighted by Crippen LogP contribution is 2.47. The first kappa shape index (κ1) is 31.4. The van der Waals surface area contributed by atoms with Crippen molar-refractivity contribution in [1.29, 1.82) is 0 Å². The Hall–Kier alpha value is -7.17. The van der Waals surface area contributed by atoms with Crippen LogP contribution in [0.2, 0.25) is 0 Å². The smallest absolute Gasteiger partial charge is 0.164 e. The van der Waals surface area contributed by atoms with E-state index < -0.39 is 0 Å². The highest BCUT2D eigenvalue weighted by Gasteiger charge is 2.31. The van der Waals surface area contributed by atoms with Crippen LogP contribution < -0.4 is 0 Å². The molecule has 0 N–H and O–H groups in total. The van der Waals surface area contributed by atoms with Gasteiger partial charge in [-0.3, -0.25) is 0 Å². The second-order valence-electron chi connectivity index (χ2n) is 14.4. The molecule has 2 heterocycles. The van der Waals surface area contributed by atoms with Crippen molar-refractivity contribution in [3.05, 3.63) is 205 Å². The average molecular weight is 703 g/mol. The SMILES string of the molecule is C1=CC2C=Cc3c(c4ccccc4n3-c3cc4ccccc4c4ccccc34)C2C=C1c1ccc(-c2nc(-c3ccccc3)nc(-c3ccccc3)n2)cc1. The maximum Gasteiger partial charge on any atom is 0.164 e. The number of benzene rings is 7. The van der Waals surface area contributed by atoms with E-state index in [0.717, 1.165) is 16.7 Å². The van der Waals surface area contributed by atoms with E-state index in [2.05, 4.69) is 138 Å². The van der Waals surface area contributed by atoms with Gasteiger partial charge in [0.15, 0.2) is 17.5 Å². The van der Waals surface area contributed by atoms with Gasteiger partial charge in [-0.1, -0.05) is 176 Å². The summed E-state index contributed by atoms with van der Waals surface area (Å²) < 4.78 is 2.49. The number of fused-ring (bicyclic) bond motifs is 8. The topological polar surface area (TPSA) is 43.6 Å². The molecule has 2 unspecified atom stereocenters. The highest BCUT2D eigenvalue weighted by atomic mass is 15.0. The fourth-order valence-electron chi connectivity index (χ4n) is 8.58. The molecule has 4 nitrogen and oxygen atoms in total.